The standard InChI is InChI=1S/C24H43N5S4.C6H12/c1-25-21(30)22(26-18-12-6-2-3-7-13-18)31-29-32-23(27-19-14-8-4-9-15-19)24(33-29)28-20-16-10-5-11-17-20;1-2-4-6-5-3-1/h18-20,25-28,30H,2-17H2,1H3;1-6H2/b22-21-;. The molecule has 5 nitrogen and oxygen atoms in total. The molecule has 5 aliphatic rings. The van der Waals surface area contributed by atoms with Crippen LogP contribution in [0, 0.1) is 0 Å². The summed E-state index contributed by atoms with van der Waals surface area (Å²) in [6.07, 6.45) is 30.3. The maximum absolute atomic E-state index is 4.78. The second kappa shape index (κ2) is 18.6. The summed E-state index contributed by atoms with van der Waals surface area (Å²) in [6.45, 7) is 0. The Morgan fingerprint density at radius 3 is 1.38 bits per heavy atom. The predicted octanol–water partition coefficient (Wildman–Crippen LogP) is 9.15. The van der Waals surface area contributed by atoms with Gasteiger partial charge < -0.3 is 21.3 Å². The smallest absolute Gasteiger partial charge is 0.117 e. The van der Waals surface area contributed by atoms with Crippen LogP contribution in [0.2, 0.25) is 0 Å². The minimum Gasteiger partial charge on any atom is -0.381 e. The summed E-state index contributed by atoms with van der Waals surface area (Å²) in [6, 6.07) is 1.79. The second-order valence-electron chi connectivity index (χ2n) is 12.0. The van der Waals surface area contributed by atoms with Crippen LogP contribution in [0.4, 0.5) is 0 Å². The van der Waals surface area contributed by atoms with Gasteiger partial charge in [-0.1, -0.05) is 103 Å². The second-order valence-corrected chi connectivity index (χ2v) is 16.0. The van der Waals surface area contributed by atoms with Gasteiger partial charge in [0.05, 0.1) is 5.03 Å². The summed E-state index contributed by atoms with van der Waals surface area (Å²) >= 11 is 10.3. The summed E-state index contributed by atoms with van der Waals surface area (Å²) in [5.41, 5.74) is 0. The zero-order valence-corrected chi connectivity index (χ0v) is 27.8. The van der Waals surface area contributed by atoms with Crippen LogP contribution in [0.25, 0.3) is 0 Å². The molecule has 5 rings (SSSR count). The van der Waals surface area contributed by atoms with Crippen LogP contribution in [0.3, 0.4) is 0 Å². The van der Waals surface area contributed by atoms with Gasteiger partial charge in [0.25, 0.3) is 0 Å². The number of hydrogen-bond donors (Lipinski definition) is 5. The molecule has 4 aliphatic carbocycles. The normalized spacial score (nSPS) is 25.3. The van der Waals surface area contributed by atoms with Crippen LogP contribution < -0.4 is 21.3 Å². The first-order valence-electron chi connectivity index (χ1n) is 16.2. The van der Waals surface area contributed by atoms with E-state index in [1.54, 1.807) is 11.9 Å². The molecule has 0 aromatic carbocycles. The quantitative estimate of drug-likeness (QED) is 0.100. The third-order valence-corrected chi connectivity index (χ3v) is 12.8. The van der Waals surface area contributed by atoms with Crippen molar-refractivity contribution in [2.45, 2.75) is 159 Å². The Labute approximate surface area is 258 Å². The molecule has 4 saturated carbocycles. The Morgan fingerprint density at radius 2 is 0.974 bits per heavy atom. The molecule has 0 unspecified atom stereocenters. The van der Waals surface area contributed by atoms with Crippen molar-refractivity contribution in [3.8, 4) is 0 Å². The van der Waals surface area contributed by atoms with Crippen LogP contribution in [-0.4, -0.2) is 28.3 Å². The highest BCUT2D eigenvalue weighted by molar-refractivity contribution is 8.30. The number of thiol groups is 1. The molecular formula is C30H55N5S4. The highest BCUT2D eigenvalue weighted by atomic mass is 32.3. The van der Waals surface area contributed by atoms with Gasteiger partial charge in [0.1, 0.15) is 15.1 Å². The van der Waals surface area contributed by atoms with Crippen molar-refractivity contribution in [1.82, 2.24) is 24.4 Å². The van der Waals surface area contributed by atoms with Gasteiger partial charge in [0.2, 0.25) is 0 Å². The van der Waals surface area contributed by atoms with Crippen molar-refractivity contribution in [2.24, 2.45) is 0 Å². The largest absolute Gasteiger partial charge is 0.381 e. The Morgan fingerprint density at radius 1 is 0.615 bits per heavy atom. The van der Waals surface area contributed by atoms with E-state index in [9.17, 15) is 0 Å². The monoisotopic (exact) mass is 613 g/mol. The summed E-state index contributed by atoms with van der Waals surface area (Å²) in [4.78, 5) is 0. The fourth-order valence-corrected chi connectivity index (χ4v) is 10.1. The SMILES string of the molecule is C1CCCCC1.CN/C(S)=C(\NC1CCCCCC1)SN1SC(NC2CCCCC2)=C(NC2CCCCC2)S1. The zero-order chi connectivity index (χ0) is 27.1. The average molecular weight is 614 g/mol. The van der Waals surface area contributed by atoms with Crippen molar-refractivity contribution in [3.05, 3.63) is 20.1 Å². The predicted molar refractivity (Wildman–Crippen MR) is 179 cm³/mol. The van der Waals surface area contributed by atoms with Gasteiger partial charge in [-0.15, -0.1) is 15.7 Å². The maximum atomic E-state index is 4.78. The number of rotatable bonds is 9. The van der Waals surface area contributed by atoms with Crippen molar-refractivity contribution >= 4 is 48.5 Å². The van der Waals surface area contributed by atoms with E-state index in [1.165, 1.54) is 151 Å². The van der Waals surface area contributed by atoms with Crippen LogP contribution >= 0.6 is 48.5 Å². The molecule has 9 heteroatoms. The molecule has 0 bridgehead atoms. The molecule has 0 aromatic heterocycles. The molecule has 4 N–H and O–H groups in total. The van der Waals surface area contributed by atoms with E-state index in [4.69, 9.17) is 12.6 Å². The molecule has 1 aliphatic heterocycles. The highest BCUT2D eigenvalue weighted by Crippen LogP contribution is 2.49. The van der Waals surface area contributed by atoms with E-state index in [1.807, 2.05) is 30.9 Å². The molecule has 0 aromatic rings. The molecular weight excluding hydrogens is 559 g/mol. The molecule has 0 amide bonds. The summed E-state index contributed by atoms with van der Waals surface area (Å²) < 4.78 is 2.35. The van der Waals surface area contributed by atoms with Gasteiger partial charge in [-0.05, 0) is 38.5 Å². The van der Waals surface area contributed by atoms with Crippen LogP contribution in [0.1, 0.15) is 141 Å². The number of nitrogens with zero attached hydrogens (tertiary/aromatic N) is 1. The molecule has 0 saturated heterocycles. The van der Waals surface area contributed by atoms with Gasteiger partial charge in [-0.2, -0.15) is 0 Å². The van der Waals surface area contributed by atoms with Crippen molar-refractivity contribution in [1.29, 1.82) is 0 Å². The molecule has 39 heavy (non-hydrogen) atoms. The minimum atomic E-state index is 0.552. The molecule has 0 radical (unpaired) electrons. The van der Waals surface area contributed by atoms with Crippen molar-refractivity contribution in [3.63, 3.8) is 0 Å². The summed E-state index contributed by atoms with van der Waals surface area (Å²) in [5.74, 6) is 0. The summed E-state index contributed by atoms with van der Waals surface area (Å²) in [7, 11) is 1.96. The lowest BCUT2D eigenvalue weighted by atomic mass is 9.95. The van der Waals surface area contributed by atoms with E-state index in [0.29, 0.717) is 18.1 Å². The lowest BCUT2D eigenvalue weighted by molar-refractivity contribution is 0.392. The molecule has 1 heterocycles. The Bertz CT molecular complexity index is 709. The van der Waals surface area contributed by atoms with E-state index >= 15 is 0 Å². The lowest BCUT2D eigenvalue weighted by Gasteiger charge is -2.26. The topological polar surface area (TPSA) is 51.4 Å². The van der Waals surface area contributed by atoms with Gasteiger partial charge >= 0.3 is 0 Å². The van der Waals surface area contributed by atoms with Gasteiger partial charge in [-0.25, -0.2) is 0 Å². The van der Waals surface area contributed by atoms with Gasteiger partial charge in [0.15, 0.2) is 0 Å². The third-order valence-electron chi connectivity index (χ3n) is 8.73. The average Bonchev–Trinajstić information content (AvgIpc) is 3.17. The molecule has 4 fully saturated rings. The molecule has 0 atom stereocenters. The number of nitrogens with one attached hydrogen (secondary N) is 4. The first-order chi connectivity index (χ1) is 19.2. The highest BCUT2D eigenvalue weighted by Gasteiger charge is 2.31. The van der Waals surface area contributed by atoms with E-state index in [0.717, 1.165) is 10.1 Å². The van der Waals surface area contributed by atoms with Gasteiger partial charge in [-0.3, -0.25) is 0 Å². The van der Waals surface area contributed by atoms with E-state index < -0.39 is 0 Å². The fraction of sp³-hybridized carbons (Fsp3) is 0.867. The zero-order valence-electron chi connectivity index (χ0n) is 24.4. The first-order valence-corrected chi connectivity index (χ1v) is 19.0. The van der Waals surface area contributed by atoms with E-state index in [2.05, 4.69) is 24.4 Å². The Balaban J connectivity index is 0.000000519. The van der Waals surface area contributed by atoms with Crippen molar-refractivity contribution < 1.29 is 0 Å². The van der Waals surface area contributed by atoms with Crippen molar-refractivity contribution in [2.75, 3.05) is 7.05 Å². The van der Waals surface area contributed by atoms with E-state index in [-0.39, 0.29) is 0 Å². The molecule has 0 spiro atoms. The lowest BCUT2D eigenvalue weighted by Crippen LogP contribution is -2.33. The first kappa shape index (κ1) is 32.0. The fourth-order valence-electron chi connectivity index (χ4n) is 6.33. The van der Waals surface area contributed by atoms with Crippen LogP contribution in [0.15, 0.2) is 20.1 Å². The Kier molecular flexibility index (Phi) is 15.2. The van der Waals surface area contributed by atoms with Crippen LogP contribution in [0.5, 0.6) is 0 Å². The molecule has 224 valence electrons. The van der Waals surface area contributed by atoms with Crippen LogP contribution in [-0.2, 0) is 0 Å². The number of hydrogen-bond acceptors (Lipinski definition) is 9. The maximum Gasteiger partial charge on any atom is 0.117 e. The van der Waals surface area contributed by atoms with Gasteiger partial charge in [0, 0.05) is 61.0 Å². The Hall–Kier alpha value is 0.0400. The summed E-state index contributed by atoms with van der Waals surface area (Å²) in [5, 5.41) is 19.7. The third kappa shape index (κ3) is 11.7. The minimum absolute atomic E-state index is 0.552.